The van der Waals surface area contributed by atoms with E-state index in [9.17, 15) is 4.79 Å². The second-order valence-electron chi connectivity index (χ2n) is 4.65. The number of rotatable bonds is 5. The van der Waals surface area contributed by atoms with Crippen LogP contribution in [0.5, 0.6) is 5.75 Å². The summed E-state index contributed by atoms with van der Waals surface area (Å²) in [6.45, 7) is 3.72. The van der Waals surface area contributed by atoms with Gasteiger partial charge in [0.25, 0.3) is 0 Å². The molecule has 0 heterocycles. The van der Waals surface area contributed by atoms with Crippen LogP contribution in [-0.4, -0.2) is 19.1 Å². The predicted molar refractivity (Wildman–Crippen MR) is 72.6 cm³/mol. The molecule has 0 unspecified atom stereocenters. The molecule has 0 radical (unpaired) electrons. The van der Waals surface area contributed by atoms with Crippen LogP contribution in [0.4, 0.5) is 0 Å². The third kappa shape index (κ3) is 2.92. The molecule has 3 heteroatoms. The van der Waals surface area contributed by atoms with Crippen molar-refractivity contribution in [1.29, 1.82) is 0 Å². The van der Waals surface area contributed by atoms with Crippen LogP contribution >= 0.6 is 0 Å². The Morgan fingerprint density at radius 2 is 2.33 bits per heavy atom. The lowest BCUT2D eigenvalue weighted by Gasteiger charge is -2.26. The fourth-order valence-electron chi connectivity index (χ4n) is 2.04. The topological polar surface area (TPSA) is 38.3 Å². The quantitative estimate of drug-likeness (QED) is 0.865. The van der Waals surface area contributed by atoms with Crippen molar-refractivity contribution in [2.75, 3.05) is 7.11 Å². The van der Waals surface area contributed by atoms with Gasteiger partial charge in [0.1, 0.15) is 5.75 Å². The standard InChI is InChI=1S/C15H19NO2/c1-3-11-7-8-12(14(9-11)18-2)10-15(17)16-13-5-4-6-13/h3,7-9,13H,1,4-6,10H2,2H3,(H,16,17). The van der Waals surface area contributed by atoms with E-state index in [1.54, 1.807) is 13.2 Å². The minimum Gasteiger partial charge on any atom is -0.496 e. The monoisotopic (exact) mass is 245 g/mol. The first kappa shape index (κ1) is 12.7. The van der Waals surface area contributed by atoms with Gasteiger partial charge in [0, 0.05) is 11.6 Å². The number of carbonyl (C=O) groups is 1. The third-order valence-corrected chi connectivity index (χ3v) is 3.37. The van der Waals surface area contributed by atoms with Crippen molar-refractivity contribution in [3.63, 3.8) is 0 Å². The fraction of sp³-hybridized carbons (Fsp3) is 0.400. The maximum atomic E-state index is 11.9. The second kappa shape index (κ2) is 5.71. The van der Waals surface area contributed by atoms with Crippen LogP contribution in [0, 0.1) is 0 Å². The van der Waals surface area contributed by atoms with E-state index in [4.69, 9.17) is 4.74 Å². The van der Waals surface area contributed by atoms with Crippen LogP contribution in [-0.2, 0) is 11.2 Å². The molecule has 1 aromatic rings. The zero-order valence-corrected chi connectivity index (χ0v) is 10.7. The molecule has 1 amide bonds. The van der Waals surface area contributed by atoms with Crippen LogP contribution in [0.2, 0.25) is 0 Å². The van der Waals surface area contributed by atoms with Gasteiger partial charge in [-0.2, -0.15) is 0 Å². The maximum absolute atomic E-state index is 11.9. The molecule has 0 saturated heterocycles. The summed E-state index contributed by atoms with van der Waals surface area (Å²) < 4.78 is 5.31. The first-order chi connectivity index (χ1) is 8.72. The Morgan fingerprint density at radius 3 is 2.89 bits per heavy atom. The number of hydrogen-bond acceptors (Lipinski definition) is 2. The van der Waals surface area contributed by atoms with Gasteiger partial charge in [-0.15, -0.1) is 0 Å². The van der Waals surface area contributed by atoms with E-state index in [0.29, 0.717) is 12.5 Å². The van der Waals surface area contributed by atoms with Crippen LogP contribution < -0.4 is 10.1 Å². The lowest BCUT2D eigenvalue weighted by atomic mass is 9.93. The summed E-state index contributed by atoms with van der Waals surface area (Å²) in [5.41, 5.74) is 1.91. The molecule has 1 aliphatic rings. The Morgan fingerprint density at radius 1 is 1.56 bits per heavy atom. The molecule has 0 aromatic heterocycles. The molecular formula is C15H19NO2. The molecule has 1 saturated carbocycles. The number of benzene rings is 1. The maximum Gasteiger partial charge on any atom is 0.224 e. The van der Waals surface area contributed by atoms with Crippen molar-refractivity contribution in [2.45, 2.75) is 31.7 Å². The summed E-state index contributed by atoms with van der Waals surface area (Å²) in [7, 11) is 1.62. The van der Waals surface area contributed by atoms with Crippen LogP contribution in [0.25, 0.3) is 6.08 Å². The van der Waals surface area contributed by atoms with Crippen LogP contribution in [0.3, 0.4) is 0 Å². The second-order valence-corrected chi connectivity index (χ2v) is 4.65. The molecule has 0 spiro atoms. The van der Waals surface area contributed by atoms with E-state index < -0.39 is 0 Å². The average molecular weight is 245 g/mol. The van der Waals surface area contributed by atoms with E-state index in [-0.39, 0.29) is 5.91 Å². The number of carbonyl (C=O) groups excluding carboxylic acids is 1. The average Bonchev–Trinajstić information content (AvgIpc) is 2.34. The number of nitrogens with one attached hydrogen (secondary N) is 1. The highest BCUT2D eigenvalue weighted by atomic mass is 16.5. The highest BCUT2D eigenvalue weighted by molar-refractivity contribution is 5.80. The van der Waals surface area contributed by atoms with Gasteiger partial charge in [-0.25, -0.2) is 0 Å². The first-order valence-electron chi connectivity index (χ1n) is 6.31. The van der Waals surface area contributed by atoms with Crippen molar-refractivity contribution in [3.05, 3.63) is 35.9 Å². The third-order valence-electron chi connectivity index (χ3n) is 3.37. The molecule has 18 heavy (non-hydrogen) atoms. The molecule has 1 fully saturated rings. The molecule has 0 bridgehead atoms. The van der Waals surface area contributed by atoms with Gasteiger partial charge in [0.05, 0.1) is 13.5 Å². The largest absolute Gasteiger partial charge is 0.496 e. The summed E-state index contributed by atoms with van der Waals surface area (Å²) >= 11 is 0. The molecule has 1 N–H and O–H groups in total. The van der Waals surface area contributed by atoms with Crippen LogP contribution in [0.15, 0.2) is 24.8 Å². The highest BCUT2D eigenvalue weighted by Gasteiger charge is 2.19. The minimum absolute atomic E-state index is 0.0735. The molecule has 0 atom stereocenters. The normalized spacial score (nSPS) is 14.7. The van der Waals surface area contributed by atoms with Gasteiger partial charge in [-0.05, 0) is 30.9 Å². The SMILES string of the molecule is C=Cc1ccc(CC(=O)NC2CCC2)c(OC)c1. The van der Waals surface area contributed by atoms with Gasteiger partial charge in [0.2, 0.25) is 5.91 Å². The lowest BCUT2D eigenvalue weighted by Crippen LogP contribution is -2.40. The van der Waals surface area contributed by atoms with Gasteiger partial charge in [-0.1, -0.05) is 24.8 Å². The number of methoxy groups -OCH3 is 1. The van der Waals surface area contributed by atoms with Crippen molar-refractivity contribution in [2.24, 2.45) is 0 Å². The summed E-state index contributed by atoms with van der Waals surface area (Å²) in [6, 6.07) is 6.16. The molecule has 3 nitrogen and oxygen atoms in total. The summed E-state index contributed by atoms with van der Waals surface area (Å²) in [5, 5.41) is 3.03. The zero-order valence-electron chi connectivity index (χ0n) is 10.7. The number of hydrogen-bond donors (Lipinski definition) is 1. The molecule has 96 valence electrons. The molecule has 2 rings (SSSR count). The zero-order chi connectivity index (χ0) is 13.0. The Kier molecular flexibility index (Phi) is 4.03. The minimum atomic E-state index is 0.0735. The first-order valence-corrected chi connectivity index (χ1v) is 6.31. The van der Waals surface area contributed by atoms with E-state index in [2.05, 4.69) is 11.9 Å². The van der Waals surface area contributed by atoms with Gasteiger partial charge in [0.15, 0.2) is 0 Å². The smallest absolute Gasteiger partial charge is 0.224 e. The Labute approximate surface area is 108 Å². The van der Waals surface area contributed by atoms with Crippen molar-refractivity contribution < 1.29 is 9.53 Å². The van der Waals surface area contributed by atoms with E-state index in [0.717, 1.165) is 29.7 Å². The molecule has 1 aliphatic carbocycles. The molecule has 0 aliphatic heterocycles. The van der Waals surface area contributed by atoms with Crippen molar-refractivity contribution >= 4 is 12.0 Å². The lowest BCUT2D eigenvalue weighted by molar-refractivity contribution is -0.121. The summed E-state index contributed by atoms with van der Waals surface area (Å²) in [4.78, 5) is 11.9. The summed E-state index contributed by atoms with van der Waals surface area (Å²) in [5.74, 6) is 0.820. The Bertz CT molecular complexity index is 450. The molecular weight excluding hydrogens is 226 g/mol. The Balaban J connectivity index is 2.02. The number of ether oxygens (including phenoxy) is 1. The van der Waals surface area contributed by atoms with Gasteiger partial charge in [-0.3, -0.25) is 4.79 Å². The molecule has 1 aromatic carbocycles. The van der Waals surface area contributed by atoms with E-state index in [1.807, 2.05) is 18.2 Å². The van der Waals surface area contributed by atoms with Gasteiger partial charge < -0.3 is 10.1 Å². The van der Waals surface area contributed by atoms with Crippen LogP contribution in [0.1, 0.15) is 30.4 Å². The predicted octanol–water partition coefficient (Wildman–Crippen LogP) is 2.55. The van der Waals surface area contributed by atoms with Crippen molar-refractivity contribution in [1.82, 2.24) is 5.32 Å². The van der Waals surface area contributed by atoms with Gasteiger partial charge >= 0.3 is 0 Å². The highest BCUT2D eigenvalue weighted by Crippen LogP contribution is 2.22. The Hall–Kier alpha value is -1.77. The van der Waals surface area contributed by atoms with Crippen molar-refractivity contribution in [3.8, 4) is 5.75 Å². The number of amides is 1. The summed E-state index contributed by atoms with van der Waals surface area (Å²) in [6.07, 6.45) is 5.58. The fourth-order valence-corrected chi connectivity index (χ4v) is 2.04. The van der Waals surface area contributed by atoms with E-state index in [1.165, 1.54) is 6.42 Å². The van der Waals surface area contributed by atoms with E-state index >= 15 is 0 Å².